The SMILES string of the molecule is CCN(CC)C(CNC(=O)c1ccc(S(=O)(=O)C(F)F)cc1)c1ccccc1Cl. The van der Waals surface area contributed by atoms with Gasteiger partial charge in [0, 0.05) is 17.1 Å². The molecule has 0 aliphatic heterocycles. The number of nitrogens with one attached hydrogen (secondary N) is 1. The fourth-order valence-electron chi connectivity index (χ4n) is 3.04. The lowest BCUT2D eigenvalue weighted by molar-refractivity contribution is 0.0935. The Kier molecular flexibility index (Phi) is 8.13. The van der Waals surface area contributed by atoms with Crippen LogP contribution in [0.2, 0.25) is 5.02 Å². The molecule has 2 rings (SSSR count). The molecular weight excluding hydrogens is 422 g/mol. The zero-order chi connectivity index (χ0) is 21.6. The van der Waals surface area contributed by atoms with Gasteiger partial charge >= 0.3 is 5.76 Å². The van der Waals surface area contributed by atoms with Crippen LogP contribution in [0.5, 0.6) is 0 Å². The Bertz CT molecular complexity index is 933. The summed E-state index contributed by atoms with van der Waals surface area (Å²) in [6, 6.07) is 11.7. The average Bonchev–Trinajstić information content (AvgIpc) is 2.71. The molecule has 0 aliphatic rings. The van der Waals surface area contributed by atoms with Crippen molar-refractivity contribution in [1.82, 2.24) is 10.2 Å². The van der Waals surface area contributed by atoms with Gasteiger partial charge in [0.25, 0.3) is 5.91 Å². The first-order chi connectivity index (χ1) is 13.7. The molecule has 0 aromatic heterocycles. The van der Waals surface area contributed by atoms with Crippen molar-refractivity contribution in [2.45, 2.75) is 30.5 Å². The molecular formula is C20H23ClF2N2O3S. The maximum Gasteiger partial charge on any atom is 0.341 e. The van der Waals surface area contributed by atoms with Crippen LogP contribution in [0.3, 0.4) is 0 Å². The zero-order valence-corrected chi connectivity index (χ0v) is 17.7. The van der Waals surface area contributed by atoms with Gasteiger partial charge in [-0.2, -0.15) is 8.78 Å². The van der Waals surface area contributed by atoms with E-state index in [9.17, 15) is 22.0 Å². The van der Waals surface area contributed by atoms with Crippen molar-refractivity contribution in [2.75, 3.05) is 19.6 Å². The summed E-state index contributed by atoms with van der Waals surface area (Å²) in [6.45, 7) is 5.81. The van der Waals surface area contributed by atoms with Gasteiger partial charge in [0.15, 0.2) is 0 Å². The summed E-state index contributed by atoms with van der Waals surface area (Å²) >= 11 is 6.34. The lowest BCUT2D eigenvalue weighted by Crippen LogP contribution is -2.38. The lowest BCUT2D eigenvalue weighted by atomic mass is 10.0. The molecule has 0 heterocycles. The molecule has 158 valence electrons. The summed E-state index contributed by atoms with van der Waals surface area (Å²) in [4.78, 5) is 14.1. The summed E-state index contributed by atoms with van der Waals surface area (Å²) in [6.07, 6.45) is 0. The van der Waals surface area contributed by atoms with E-state index < -0.39 is 26.4 Å². The third kappa shape index (κ3) is 5.52. The number of alkyl halides is 2. The molecule has 5 nitrogen and oxygen atoms in total. The summed E-state index contributed by atoms with van der Waals surface area (Å²) in [5.74, 6) is -3.94. The molecule has 0 bridgehead atoms. The average molecular weight is 445 g/mol. The second kappa shape index (κ2) is 10.1. The third-order valence-corrected chi connectivity index (χ3v) is 6.40. The monoisotopic (exact) mass is 444 g/mol. The van der Waals surface area contributed by atoms with Gasteiger partial charge in [-0.05, 0) is 49.0 Å². The molecule has 1 amide bonds. The minimum atomic E-state index is -4.69. The Hall–Kier alpha value is -2.03. The van der Waals surface area contributed by atoms with Gasteiger partial charge in [-0.15, -0.1) is 0 Å². The highest BCUT2D eigenvalue weighted by molar-refractivity contribution is 7.91. The number of carbonyl (C=O) groups excluding carboxylic acids is 1. The first-order valence-electron chi connectivity index (χ1n) is 9.11. The molecule has 0 radical (unpaired) electrons. The van der Waals surface area contributed by atoms with Crippen LogP contribution in [0.4, 0.5) is 8.78 Å². The first kappa shape index (κ1) is 23.3. The lowest BCUT2D eigenvalue weighted by Gasteiger charge is -2.31. The van der Waals surface area contributed by atoms with Crippen molar-refractivity contribution in [3.63, 3.8) is 0 Å². The zero-order valence-electron chi connectivity index (χ0n) is 16.1. The van der Waals surface area contributed by atoms with Crippen LogP contribution in [0.25, 0.3) is 0 Å². The summed E-state index contributed by atoms with van der Waals surface area (Å²) in [5, 5.41) is 3.42. The van der Waals surface area contributed by atoms with Crippen LogP contribution in [0.1, 0.15) is 35.8 Å². The highest BCUT2D eigenvalue weighted by atomic mass is 35.5. The molecule has 9 heteroatoms. The third-order valence-electron chi connectivity index (χ3n) is 4.65. The topological polar surface area (TPSA) is 66.5 Å². The second-order valence-corrected chi connectivity index (χ2v) is 8.62. The number of likely N-dealkylation sites (N-methyl/N-ethyl adjacent to an activating group) is 1. The molecule has 29 heavy (non-hydrogen) atoms. The minimum absolute atomic E-state index is 0.152. The van der Waals surface area contributed by atoms with E-state index >= 15 is 0 Å². The van der Waals surface area contributed by atoms with E-state index in [1.807, 2.05) is 32.0 Å². The number of sulfone groups is 1. The van der Waals surface area contributed by atoms with Gasteiger partial charge in [0.2, 0.25) is 9.84 Å². The van der Waals surface area contributed by atoms with Gasteiger partial charge in [-0.25, -0.2) is 8.42 Å². The number of benzene rings is 2. The number of amides is 1. The van der Waals surface area contributed by atoms with E-state index in [1.165, 1.54) is 12.1 Å². The second-order valence-electron chi connectivity index (χ2n) is 6.30. The van der Waals surface area contributed by atoms with Crippen LogP contribution in [-0.4, -0.2) is 44.6 Å². The largest absolute Gasteiger partial charge is 0.350 e. The molecule has 0 saturated heterocycles. The smallest absolute Gasteiger partial charge is 0.341 e. The van der Waals surface area contributed by atoms with Crippen molar-refractivity contribution < 1.29 is 22.0 Å². The van der Waals surface area contributed by atoms with Crippen molar-refractivity contribution in [2.24, 2.45) is 0 Å². The van der Waals surface area contributed by atoms with Gasteiger partial charge in [0.1, 0.15) is 0 Å². The van der Waals surface area contributed by atoms with Gasteiger partial charge in [-0.3, -0.25) is 9.69 Å². The predicted molar refractivity (Wildman–Crippen MR) is 109 cm³/mol. The fraction of sp³-hybridized carbons (Fsp3) is 0.350. The Morgan fingerprint density at radius 1 is 1.07 bits per heavy atom. The van der Waals surface area contributed by atoms with Crippen molar-refractivity contribution >= 4 is 27.3 Å². The van der Waals surface area contributed by atoms with Gasteiger partial charge in [0.05, 0.1) is 10.9 Å². The first-order valence-corrected chi connectivity index (χ1v) is 11.0. The van der Waals surface area contributed by atoms with E-state index in [0.29, 0.717) is 5.02 Å². The number of hydrogen-bond acceptors (Lipinski definition) is 4. The molecule has 0 fully saturated rings. The molecule has 0 spiro atoms. The standard InChI is InChI=1S/C20H23ClF2N2O3S/c1-3-25(4-2)18(16-7-5-6-8-17(16)21)13-24-19(26)14-9-11-15(12-10-14)29(27,28)20(22)23/h5-12,18,20H,3-4,13H2,1-2H3,(H,24,26). The van der Waals surface area contributed by atoms with Crippen LogP contribution >= 0.6 is 11.6 Å². The van der Waals surface area contributed by atoms with E-state index in [0.717, 1.165) is 30.8 Å². The summed E-state index contributed by atoms with van der Waals surface area (Å²) < 4.78 is 48.2. The highest BCUT2D eigenvalue weighted by Crippen LogP contribution is 2.27. The molecule has 2 aromatic carbocycles. The highest BCUT2D eigenvalue weighted by Gasteiger charge is 2.26. The van der Waals surface area contributed by atoms with Crippen LogP contribution < -0.4 is 5.32 Å². The number of hydrogen-bond donors (Lipinski definition) is 1. The van der Waals surface area contributed by atoms with Crippen molar-refractivity contribution in [3.8, 4) is 0 Å². The van der Waals surface area contributed by atoms with E-state index in [2.05, 4.69) is 10.2 Å². The molecule has 1 N–H and O–H groups in total. The van der Waals surface area contributed by atoms with Gasteiger partial charge in [-0.1, -0.05) is 43.6 Å². The van der Waals surface area contributed by atoms with Crippen LogP contribution in [0, 0.1) is 0 Å². The molecule has 1 unspecified atom stereocenters. The van der Waals surface area contributed by atoms with Gasteiger partial charge < -0.3 is 5.32 Å². The molecule has 0 aliphatic carbocycles. The fourth-order valence-corrected chi connectivity index (χ4v) is 4.02. The van der Waals surface area contributed by atoms with Crippen LogP contribution in [0.15, 0.2) is 53.4 Å². The number of rotatable bonds is 9. The normalized spacial score (nSPS) is 12.9. The molecule has 0 saturated carbocycles. The quantitative estimate of drug-likeness (QED) is 0.631. The molecule has 1 atom stereocenters. The van der Waals surface area contributed by atoms with Crippen LogP contribution in [-0.2, 0) is 9.84 Å². The Morgan fingerprint density at radius 2 is 1.66 bits per heavy atom. The predicted octanol–water partition coefficient (Wildman–Crippen LogP) is 4.15. The Balaban J connectivity index is 2.17. The summed E-state index contributed by atoms with van der Waals surface area (Å²) in [5.41, 5.74) is 1.06. The Labute approximate surface area is 174 Å². The van der Waals surface area contributed by atoms with E-state index in [1.54, 1.807) is 6.07 Å². The number of halogens is 3. The number of carbonyl (C=O) groups is 1. The Morgan fingerprint density at radius 3 is 2.17 bits per heavy atom. The summed E-state index contributed by atoms with van der Waals surface area (Å²) in [7, 11) is -4.69. The molecule has 2 aromatic rings. The maximum absolute atomic E-state index is 12.6. The van der Waals surface area contributed by atoms with Crippen molar-refractivity contribution in [1.29, 1.82) is 0 Å². The van der Waals surface area contributed by atoms with Crippen molar-refractivity contribution in [3.05, 3.63) is 64.7 Å². The van der Waals surface area contributed by atoms with E-state index in [-0.39, 0.29) is 18.2 Å². The minimum Gasteiger partial charge on any atom is -0.350 e. The van der Waals surface area contributed by atoms with E-state index in [4.69, 9.17) is 11.6 Å². The number of nitrogens with zero attached hydrogens (tertiary/aromatic N) is 1. The maximum atomic E-state index is 12.6.